The Labute approximate surface area is 156 Å². The third kappa shape index (κ3) is 4.20. The van der Waals surface area contributed by atoms with Crippen LogP contribution in [0.25, 0.3) is 0 Å². The zero-order valence-corrected chi connectivity index (χ0v) is 15.0. The lowest BCUT2D eigenvalue weighted by atomic mass is 9.99. The Morgan fingerprint density at radius 2 is 1.65 bits per heavy atom. The van der Waals surface area contributed by atoms with E-state index in [1.54, 1.807) is 12.1 Å². The summed E-state index contributed by atoms with van der Waals surface area (Å²) in [6.07, 6.45) is -6.53. The van der Waals surface area contributed by atoms with Gasteiger partial charge in [-0.1, -0.05) is 41.6 Å². The molecule has 6 nitrogen and oxygen atoms in total. The largest absolute Gasteiger partial charge is 0.461 e. The molecule has 140 valence electrons. The fourth-order valence-corrected chi connectivity index (χ4v) is 3.54. The number of para-hydroxylation sites is 1. The third-order valence-electron chi connectivity index (χ3n) is 4.19. The van der Waals surface area contributed by atoms with E-state index in [2.05, 4.69) is 0 Å². The zero-order valence-electron chi connectivity index (χ0n) is 14.2. The summed E-state index contributed by atoms with van der Waals surface area (Å²) in [5.41, 5.74) is 1.17. The highest BCUT2D eigenvalue weighted by Crippen LogP contribution is 2.36. The van der Waals surface area contributed by atoms with Crippen LogP contribution in [-0.2, 0) is 4.74 Å². The lowest BCUT2D eigenvalue weighted by Crippen LogP contribution is -2.60. The monoisotopic (exact) mass is 378 g/mol. The van der Waals surface area contributed by atoms with Crippen LogP contribution < -0.4 is 4.74 Å². The second-order valence-electron chi connectivity index (χ2n) is 6.18. The molecule has 5 atom stereocenters. The molecule has 4 unspecified atom stereocenters. The predicted octanol–water partition coefficient (Wildman–Crippen LogP) is 1.32. The van der Waals surface area contributed by atoms with Crippen molar-refractivity contribution in [1.82, 2.24) is 0 Å². The van der Waals surface area contributed by atoms with Gasteiger partial charge < -0.3 is 29.9 Å². The van der Waals surface area contributed by atoms with Crippen LogP contribution >= 0.6 is 11.8 Å². The summed E-state index contributed by atoms with van der Waals surface area (Å²) in [5, 5.41) is 39.2. The van der Waals surface area contributed by atoms with Crippen LogP contribution in [0.5, 0.6) is 5.75 Å². The molecule has 4 N–H and O–H groups in total. The molecule has 0 aliphatic carbocycles. The van der Waals surface area contributed by atoms with E-state index >= 15 is 0 Å². The zero-order chi connectivity index (χ0) is 18.7. The van der Waals surface area contributed by atoms with E-state index in [0.717, 1.165) is 9.79 Å². The number of aryl methyl sites for hydroxylation is 1. The molecule has 1 heterocycles. The van der Waals surface area contributed by atoms with Crippen molar-refractivity contribution in [2.24, 2.45) is 0 Å². The molecular weight excluding hydrogens is 356 g/mol. The maximum atomic E-state index is 10.1. The van der Waals surface area contributed by atoms with Gasteiger partial charge in [-0.2, -0.15) is 0 Å². The van der Waals surface area contributed by atoms with E-state index in [9.17, 15) is 20.4 Å². The second kappa shape index (κ2) is 8.39. The van der Waals surface area contributed by atoms with Gasteiger partial charge in [-0.3, -0.25) is 0 Å². The minimum absolute atomic E-state index is 0.474. The minimum Gasteiger partial charge on any atom is -0.461 e. The number of aliphatic hydroxyl groups is 4. The quantitative estimate of drug-likeness (QED) is 0.623. The van der Waals surface area contributed by atoms with Crippen molar-refractivity contribution in [3.63, 3.8) is 0 Å². The Bertz CT molecular complexity index is 720. The van der Waals surface area contributed by atoms with Crippen molar-refractivity contribution < 1.29 is 29.9 Å². The first kappa shape index (κ1) is 19.2. The van der Waals surface area contributed by atoms with Crippen molar-refractivity contribution in [3.05, 3.63) is 54.1 Å². The maximum Gasteiger partial charge on any atom is 0.229 e. The van der Waals surface area contributed by atoms with Gasteiger partial charge in [-0.05, 0) is 31.2 Å². The van der Waals surface area contributed by atoms with Crippen LogP contribution in [0.1, 0.15) is 5.56 Å². The maximum absolute atomic E-state index is 10.1. The van der Waals surface area contributed by atoms with Gasteiger partial charge in [-0.25, -0.2) is 0 Å². The van der Waals surface area contributed by atoms with Gasteiger partial charge in [0.2, 0.25) is 6.29 Å². The molecule has 0 aromatic heterocycles. The molecule has 0 amide bonds. The number of aliphatic hydroxyl groups excluding tert-OH is 4. The first-order valence-corrected chi connectivity index (χ1v) is 9.12. The summed E-state index contributed by atoms with van der Waals surface area (Å²) >= 11 is 1.50. The van der Waals surface area contributed by atoms with Gasteiger partial charge in [0.15, 0.2) is 0 Å². The standard InChI is InChI=1S/C19H22O6S/c1-11-6-8-12(9-7-11)26-15-5-3-2-4-13(15)24-19-18(23)17(22)16(21)14(10-20)25-19/h2-9,14,16-23H,10H2,1H3/t14-,16?,17?,18?,19?/m1/s1. The molecule has 1 fully saturated rings. The van der Waals surface area contributed by atoms with Crippen LogP contribution in [0.15, 0.2) is 58.3 Å². The van der Waals surface area contributed by atoms with Crippen LogP contribution in [0.4, 0.5) is 0 Å². The number of benzene rings is 2. The van der Waals surface area contributed by atoms with Gasteiger partial charge in [0, 0.05) is 4.90 Å². The van der Waals surface area contributed by atoms with Crippen LogP contribution in [0, 0.1) is 6.92 Å². The molecule has 1 saturated heterocycles. The lowest BCUT2D eigenvalue weighted by molar-refractivity contribution is -0.277. The Kier molecular flexibility index (Phi) is 6.18. The topological polar surface area (TPSA) is 99.4 Å². The molecule has 26 heavy (non-hydrogen) atoms. The Hall–Kier alpha value is -1.61. The summed E-state index contributed by atoms with van der Waals surface area (Å²) < 4.78 is 11.2. The van der Waals surface area contributed by atoms with Gasteiger partial charge in [0.25, 0.3) is 0 Å². The van der Waals surface area contributed by atoms with Crippen molar-refractivity contribution in [2.75, 3.05) is 6.61 Å². The SMILES string of the molecule is Cc1ccc(Sc2ccccc2OC2O[C@H](CO)C(O)C(O)C2O)cc1. The van der Waals surface area contributed by atoms with E-state index < -0.39 is 37.3 Å². The van der Waals surface area contributed by atoms with E-state index in [1.807, 2.05) is 43.3 Å². The summed E-state index contributed by atoms with van der Waals surface area (Å²) in [4.78, 5) is 1.84. The number of hydrogen-bond acceptors (Lipinski definition) is 7. The molecular formula is C19H22O6S. The van der Waals surface area contributed by atoms with Gasteiger partial charge >= 0.3 is 0 Å². The minimum atomic E-state index is -1.47. The molecule has 0 radical (unpaired) electrons. The summed E-state index contributed by atoms with van der Waals surface area (Å²) in [7, 11) is 0. The highest BCUT2D eigenvalue weighted by atomic mass is 32.2. The van der Waals surface area contributed by atoms with Crippen LogP contribution in [-0.4, -0.2) is 57.7 Å². The number of rotatable bonds is 5. The van der Waals surface area contributed by atoms with Crippen molar-refractivity contribution in [3.8, 4) is 5.75 Å². The van der Waals surface area contributed by atoms with Crippen molar-refractivity contribution >= 4 is 11.8 Å². The first-order chi connectivity index (χ1) is 12.5. The molecule has 2 aromatic carbocycles. The highest BCUT2D eigenvalue weighted by molar-refractivity contribution is 7.99. The molecule has 0 spiro atoms. The summed E-state index contributed by atoms with van der Waals surface area (Å²) in [6.45, 7) is 1.52. The Morgan fingerprint density at radius 1 is 0.962 bits per heavy atom. The van der Waals surface area contributed by atoms with E-state index in [-0.39, 0.29) is 0 Å². The van der Waals surface area contributed by atoms with E-state index in [0.29, 0.717) is 5.75 Å². The van der Waals surface area contributed by atoms with E-state index in [1.165, 1.54) is 17.3 Å². The smallest absolute Gasteiger partial charge is 0.229 e. The second-order valence-corrected chi connectivity index (χ2v) is 7.29. The lowest BCUT2D eigenvalue weighted by Gasteiger charge is -2.39. The van der Waals surface area contributed by atoms with Gasteiger partial charge in [0.1, 0.15) is 30.2 Å². The Morgan fingerprint density at radius 3 is 2.35 bits per heavy atom. The van der Waals surface area contributed by atoms with Gasteiger partial charge in [-0.15, -0.1) is 0 Å². The highest BCUT2D eigenvalue weighted by Gasteiger charge is 2.44. The molecule has 0 bridgehead atoms. The fourth-order valence-electron chi connectivity index (χ4n) is 2.65. The number of hydrogen-bond donors (Lipinski definition) is 4. The summed E-state index contributed by atoms with van der Waals surface area (Å²) in [6, 6.07) is 15.3. The molecule has 7 heteroatoms. The number of ether oxygens (including phenoxy) is 2. The normalized spacial score (nSPS) is 28.7. The molecule has 3 rings (SSSR count). The van der Waals surface area contributed by atoms with E-state index in [4.69, 9.17) is 9.47 Å². The predicted molar refractivity (Wildman–Crippen MR) is 96.1 cm³/mol. The fraction of sp³-hybridized carbons (Fsp3) is 0.368. The molecule has 1 aliphatic heterocycles. The van der Waals surface area contributed by atoms with Crippen molar-refractivity contribution in [1.29, 1.82) is 0 Å². The molecule has 0 saturated carbocycles. The average Bonchev–Trinajstić information content (AvgIpc) is 2.65. The molecule has 2 aromatic rings. The summed E-state index contributed by atoms with van der Waals surface area (Å²) in [5.74, 6) is 0.474. The third-order valence-corrected chi connectivity index (χ3v) is 5.25. The van der Waals surface area contributed by atoms with Crippen LogP contribution in [0.3, 0.4) is 0 Å². The average molecular weight is 378 g/mol. The van der Waals surface area contributed by atoms with Crippen molar-refractivity contribution in [2.45, 2.75) is 47.4 Å². The first-order valence-electron chi connectivity index (χ1n) is 8.30. The Balaban J connectivity index is 1.78. The van der Waals surface area contributed by atoms with Crippen LogP contribution in [0.2, 0.25) is 0 Å². The molecule has 1 aliphatic rings. The van der Waals surface area contributed by atoms with Gasteiger partial charge in [0.05, 0.1) is 11.5 Å².